The lowest BCUT2D eigenvalue weighted by molar-refractivity contribution is 0.660. The zero-order valence-corrected chi connectivity index (χ0v) is 9.92. The Morgan fingerprint density at radius 3 is 2.78 bits per heavy atom. The van der Waals surface area contributed by atoms with Gasteiger partial charge in [-0.2, -0.15) is 10.2 Å². The number of aromatic nitrogens is 4. The molecule has 0 spiro atoms. The fourth-order valence-electron chi connectivity index (χ4n) is 1.99. The van der Waals surface area contributed by atoms with Crippen LogP contribution in [0.15, 0.2) is 41.5 Å². The van der Waals surface area contributed by atoms with Crippen LogP contribution in [0.4, 0.5) is 0 Å². The lowest BCUT2D eigenvalue weighted by Gasteiger charge is -2.01. The summed E-state index contributed by atoms with van der Waals surface area (Å²) in [5.41, 5.74) is 1.49. The molecule has 0 aliphatic heterocycles. The maximum absolute atomic E-state index is 11.7. The molecule has 3 aromatic rings. The second kappa shape index (κ2) is 4.10. The van der Waals surface area contributed by atoms with Crippen LogP contribution in [0.3, 0.4) is 0 Å². The van der Waals surface area contributed by atoms with Gasteiger partial charge < -0.3 is 0 Å². The third-order valence-corrected chi connectivity index (χ3v) is 2.93. The van der Waals surface area contributed by atoms with Gasteiger partial charge in [-0.15, -0.1) is 0 Å². The summed E-state index contributed by atoms with van der Waals surface area (Å²) in [5.74, 6) is 0. The molecule has 0 radical (unpaired) electrons. The molecule has 0 aliphatic carbocycles. The topological polar surface area (TPSA) is 63.6 Å². The van der Waals surface area contributed by atoms with Gasteiger partial charge in [-0.05, 0) is 13.0 Å². The van der Waals surface area contributed by atoms with E-state index in [0.717, 1.165) is 23.2 Å². The number of hydrogen-bond acceptors (Lipinski definition) is 3. The fourth-order valence-corrected chi connectivity index (χ4v) is 1.99. The van der Waals surface area contributed by atoms with Gasteiger partial charge in [-0.1, -0.05) is 18.2 Å². The summed E-state index contributed by atoms with van der Waals surface area (Å²) in [4.78, 5) is 11.7. The van der Waals surface area contributed by atoms with Crippen LogP contribution in [0.5, 0.6) is 0 Å². The predicted molar refractivity (Wildman–Crippen MR) is 69.3 cm³/mol. The second-order valence-electron chi connectivity index (χ2n) is 4.03. The Morgan fingerprint density at radius 2 is 2.06 bits per heavy atom. The highest BCUT2D eigenvalue weighted by atomic mass is 16.1. The van der Waals surface area contributed by atoms with E-state index in [9.17, 15) is 4.79 Å². The highest BCUT2D eigenvalue weighted by Gasteiger charge is 2.09. The molecule has 3 rings (SSSR count). The van der Waals surface area contributed by atoms with Crippen molar-refractivity contribution in [2.24, 2.45) is 0 Å². The number of H-pyrrole nitrogens is 1. The van der Waals surface area contributed by atoms with Crippen LogP contribution in [0.2, 0.25) is 0 Å². The summed E-state index contributed by atoms with van der Waals surface area (Å²) in [6.45, 7) is 2.83. The maximum Gasteiger partial charge on any atom is 0.272 e. The van der Waals surface area contributed by atoms with Gasteiger partial charge in [0, 0.05) is 23.7 Å². The Morgan fingerprint density at radius 1 is 1.28 bits per heavy atom. The summed E-state index contributed by atoms with van der Waals surface area (Å²) in [7, 11) is 0. The number of nitrogens with zero attached hydrogens (tertiary/aromatic N) is 3. The maximum atomic E-state index is 11.7. The molecule has 0 fully saturated rings. The van der Waals surface area contributed by atoms with E-state index in [1.807, 2.05) is 36.0 Å². The minimum atomic E-state index is -0.169. The highest BCUT2D eigenvalue weighted by Crippen LogP contribution is 2.23. The van der Waals surface area contributed by atoms with E-state index in [2.05, 4.69) is 15.3 Å². The van der Waals surface area contributed by atoms with Crippen molar-refractivity contribution in [3.05, 3.63) is 47.0 Å². The van der Waals surface area contributed by atoms with Gasteiger partial charge in [0.25, 0.3) is 5.56 Å². The molecular formula is C13H12N4O. The molecule has 0 aliphatic rings. The molecule has 1 N–H and O–H groups in total. The Hall–Kier alpha value is -2.43. The van der Waals surface area contributed by atoms with Gasteiger partial charge >= 0.3 is 0 Å². The largest absolute Gasteiger partial charge is 0.272 e. The number of rotatable bonds is 2. The quantitative estimate of drug-likeness (QED) is 0.743. The van der Waals surface area contributed by atoms with Crippen molar-refractivity contribution >= 4 is 10.8 Å². The van der Waals surface area contributed by atoms with Crippen LogP contribution in [0, 0.1) is 0 Å². The van der Waals surface area contributed by atoms with Gasteiger partial charge in [-0.25, -0.2) is 5.10 Å². The van der Waals surface area contributed by atoms with E-state index in [-0.39, 0.29) is 5.56 Å². The zero-order chi connectivity index (χ0) is 12.5. The van der Waals surface area contributed by atoms with Crippen molar-refractivity contribution in [3.8, 4) is 11.3 Å². The fraction of sp³-hybridized carbons (Fsp3) is 0.154. The molecular weight excluding hydrogens is 228 g/mol. The molecule has 0 bridgehead atoms. The minimum Gasteiger partial charge on any atom is -0.272 e. The van der Waals surface area contributed by atoms with Crippen molar-refractivity contribution in [2.45, 2.75) is 13.5 Å². The molecule has 0 atom stereocenters. The van der Waals surface area contributed by atoms with Crippen molar-refractivity contribution in [3.63, 3.8) is 0 Å². The molecule has 0 saturated carbocycles. The molecule has 1 aromatic carbocycles. The van der Waals surface area contributed by atoms with Gasteiger partial charge in [0.05, 0.1) is 11.6 Å². The third-order valence-electron chi connectivity index (χ3n) is 2.93. The molecule has 18 heavy (non-hydrogen) atoms. The van der Waals surface area contributed by atoms with Crippen LogP contribution < -0.4 is 5.56 Å². The van der Waals surface area contributed by atoms with Crippen molar-refractivity contribution in [2.75, 3.05) is 0 Å². The van der Waals surface area contributed by atoms with E-state index >= 15 is 0 Å². The standard InChI is InChI=1S/C13H12N4O/c1-2-17-8-9(7-14-17)12-10-5-3-4-6-11(10)13(18)16-15-12/h3-8H,2H2,1H3,(H,16,18). The minimum absolute atomic E-state index is 0.169. The lowest BCUT2D eigenvalue weighted by Crippen LogP contribution is -2.09. The monoisotopic (exact) mass is 240 g/mol. The van der Waals surface area contributed by atoms with Crippen LogP contribution in [-0.4, -0.2) is 20.0 Å². The average Bonchev–Trinajstić information content (AvgIpc) is 2.88. The van der Waals surface area contributed by atoms with Gasteiger partial charge in [0.2, 0.25) is 0 Å². The highest BCUT2D eigenvalue weighted by molar-refractivity contribution is 5.93. The third kappa shape index (κ3) is 1.60. The zero-order valence-electron chi connectivity index (χ0n) is 9.92. The van der Waals surface area contributed by atoms with Crippen LogP contribution >= 0.6 is 0 Å². The van der Waals surface area contributed by atoms with Crippen LogP contribution in [0.25, 0.3) is 22.0 Å². The summed E-state index contributed by atoms with van der Waals surface area (Å²) >= 11 is 0. The molecule has 0 saturated heterocycles. The molecule has 5 heteroatoms. The number of aromatic amines is 1. The summed E-state index contributed by atoms with van der Waals surface area (Å²) in [6, 6.07) is 7.44. The van der Waals surface area contributed by atoms with E-state index < -0.39 is 0 Å². The number of hydrogen-bond donors (Lipinski definition) is 1. The molecule has 0 amide bonds. The van der Waals surface area contributed by atoms with E-state index in [4.69, 9.17) is 0 Å². The first-order valence-electron chi connectivity index (χ1n) is 5.80. The first-order valence-corrected chi connectivity index (χ1v) is 5.80. The van der Waals surface area contributed by atoms with Crippen molar-refractivity contribution in [1.29, 1.82) is 0 Å². The predicted octanol–water partition coefficient (Wildman–Crippen LogP) is 1.81. The Bertz CT molecular complexity index is 757. The Kier molecular flexibility index (Phi) is 2.44. The number of benzene rings is 1. The van der Waals surface area contributed by atoms with Gasteiger partial charge in [0.1, 0.15) is 5.69 Å². The van der Waals surface area contributed by atoms with Gasteiger partial charge in [-0.3, -0.25) is 9.48 Å². The number of aryl methyl sites for hydroxylation is 1. The summed E-state index contributed by atoms with van der Waals surface area (Å²) in [6.07, 6.45) is 3.68. The number of fused-ring (bicyclic) bond motifs is 1. The lowest BCUT2D eigenvalue weighted by atomic mass is 10.1. The van der Waals surface area contributed by atoms with E-state index in [1.165, 1.54) is 0 Å². The molecule has 90 valence electrons. The SMILES string of the molecule is CCn1cc(-c2n[nH]c(=O)c3ccccc23)cn1. The molecule has 0 unspecified atom stereocenters. The number of nitrogens with one attached hydrogen (secondary N) is 1. The average molecular weight is 240 g/mol. The van der Waals surface area contributed by atoms with Crippen molar-refractivity contribution < 1.29 is 0 Å². The van der Waals surface area contributed by atoms with E-state index in [0.29, 0.717) is 5.39 Å². The van der Waals surface area contributed by atoms with E-state index in [1.54, 1.807) is 12.3 Å². The molecule has 5 nitrogen and oxygen atoms in total. The summed E-state index contributed by atoms with van der Waals surface area (Å²) < 4.78 is 1.83. The first-order chi connectivity index (χ1) is 8.79. The van der Waals surface area contributed by atoms with Crippen LogP contribution in [0.1, 0.15) is 6.92 Å². The van der Waals surface area contributed by atoms with Gasteiger partial charge in [0.15, 0.2) is 0 Å². The molecule has 2 aromatic heterocycles. The molecule has 2 heterocycles. The second-order valence-corrected chi connectivity index (χ2v) is 4.03. The Balaban J connectivity index is 2.29. The van der Waals surface area contributed by atoms with Crippen LogP contribution in [-0.2, 0) is 6.54 Å². The van der Waals surface area contributed by atoms with Crippen molar-refractivity contribution in [1.82, 2.24) is 20.0 Å². The smallest absolute Gasteiger partial charge is 0.272 e. The summed E-state index contributed by atoms with van der Waals surface area (Å²) in [5, 5.41) is 12.4. The normalized spacial score (nSPS) is 10.9. The first kappa shape index (κ1) is 10.7. The Labute approximate surface area is 103 Å².